The van der Waals surface area contributed by atoms with Gasteiger partial charge in [0, 0.05) is 30.6 Å². The maximum Gasteiger partial charge on any atom is 0.410 e. The Kier molecular flexibility index (Phi) is 5.06. The van der Waals surface area contributed by atoms with E-state index in [1.54, 1.807) is 27.9 Å². The van der Waals surface area contributed by atoms with Crippen LogP contribution in [0.1, 0.15) is 31.4 Å². The van der Waals surface area contributed by atoms with Gasteiger partial charge in [0.2, 0.25) is 0 Å². The average molecular weight is 440 g/mol. The number of aromatic nitrogens is 2. The summed E-state index contributed by atoms with van der Waals surface area (Å²) in [6, 6.07) is 11.0. The molecule has 0 radical (unpaired) electrons. The zero-order chi connectivity index (χ0) is 21.5. The molecular formula is C23H22ClN3O4. The summed E-state index contributed by atoms with van der Waals surface area (Å²) in [4.78, 5) is 31.1. The number of carbonyl (C=O) groups is 1. The van der Waals surface area contributed by atoms with Crippen molar-refractivity contribution in [3.63, 3.8) is 0 Å². The maximum absolute atomic E-state index is 13.2. The summed E-state index contributed by atoms with van der Waals surface area (Å²) in [6.45, 7) is 2.99. The number of nitrogens with zero attached hydrogens (tertiary/aromatic N) is 3. The monoisotopic (exact) mass is 439 g/mol. The van der Waals surface area contributed by atoms with Gasteiger partial charge >= 0.3 is 6.09 Å². The molecule has 5 rings (SSSR count). The molecule has 7 nitrogen and oxygen atoms in total. The van der Waals surface area contributed by atoms with E-state index in [-0.39, 0.29) is 29.8 Å². The standard InChI is InChI=1S/C23H22ClN3O4/c1-14(15-2-4-16(24)5-3-15)26-9-7-21-20(22(26)28)11-19(12-25-21)31-18-6-8-27-17(10-18)13-30-23(27)29/h2-5,7,9,11-12,14,17-18H,6,8,10,13H2,1H3/t14?,17-,18-/m0/s1. The Bertz CT molecular complexity index is 1190. The molecule has 1 unspecified atom stereocenters. The van der Waals surface area contributed by atoms with Gasteiger partial charge in [-0.1, -0.05) is 23.7 Å². The summed E-state index contributed by atoms with van der Waals surface area (Å²) in [5.74, 6) is 0.560. The van der Waals surface area contributed by atoms with E-state index in [9.17, 15) is 9.59 Å². The second-order valence-electron chi connectivity index (χ2n) is 8.05. The molecule has 2 saturated heterocycles. The number of rotatable bonds is 4. The van der Waals surface area contributed by atoms with E-state index in [0.29, 0.717) is 41.2 Å². The molecule has 2 aromatic heterocycles. The van der Waals surface area contributed by atoms with Gasteiger partial charge in [-0.25, -0.2) is 4.79 Å². The largest absolute Gasteiger partial charge is 0.489 e. The fourth-order valence-electron chi connectivity index (χ4n) is 4.35. The summed E-state index contributed by atoms with van der Waals surface area (Å²) >= 11 is 5.99. The molecule has 1 amide bonds. The van der Waals surface area contributed by atoms with Gasteiger partial charge in [0.15, 0.2) is 0 Å². The van der Waals surface area contributed by atoms with E-state index >= 15 is 0 Å². The van der Waals surface area contributed by atoms with E-state index in [1.165, 1.54) is 0 Å². The van der Waals surface area contributed by atoms with Crippen molar-refractivity contribution in [2.75, 3.05) is 13.2 Å². The first-order valence-electron chi connectivity index (χ1n) is 10.4. The van der Waals surface area contributed by atoms with Gasteiger partial charge in [-0.15, -0.1) is 0 Å². The highest BCUT2D eigenvalue weighted by molar-refractivity contribution is 6.30. The Labute approximate surface area is 184 Å². The van der Waals surface area contributed by atoms with Crippen LogP contribution < -0.4 is 10.3 Å². The number of pyridine rings is 2. The second-order valence-corrected chi connectivity index (χ2v) is 8.48. The molecule has 3 atom stereocenters. The van der Waals surface area contributed by atoms with Crippen LogP contribution in [0, 0.1) is 0 Å². The number of carbonyl (C=O) groups excluding carboxylic acids is 1. The number of cyclic esters (lactones) is 1. The highest BCUT2D eigenvalue weighted by atomic mass is 35.5. The Balaban J connectivity index is 1.40. The van der Waals surface area contributed by atoms with E-state index in [4.69, 9.17) is 21.1 Å². The van der Waals surface area contributed by atoms with E-state index in [0.717, 1.165) is 12.0 Å². The minimum atomic E-state index is -0.244. The molecule has 31 heavy (non-hydrogen) atoms. The Morgan fingerprint density at radius 2 is 2.03 bits per heavy atom. The maximum atomic E-state index is 13.2. The molecule has 1 aromatic carbocycles. The number of amides is 1. The predicted molar refractivity (Wildman–Crippen MR) is 117 cm³/mol. The fraction of sp³-hybridized carbons (Fsp3) is 0.348. The fourth-order valence-corrected chi connectivity index (χ4v) is 4.48. The molecule has 4 heterocycles. The van der Waals surface area contributed by atoms with Gasteiger partial charge < -0.3 is 18.9 Å². The molecule has 0 bridgehead atoms. The molecule has 0 N–H and O–H groups in total. The normalized spacial score (nSPS) is 21.6. The molecule has 2 fully saturated rings. The lowest BCUT2D eigenvalue weighted by Gasteiger charge is -2.32. The summed E-state index contributed by atoms with van der Waals surface area (Å²) < 4.78 is 13.0. The van der Waals surface area contributed by atoms with Crippen LogP contribution in [0.25, 0.3) is 10.9 Å². The quantitative estimate of drug-likeness (QED) is 0.613. The van der Waals surface area contributed by atoms with Gasteiger partial charge in [0.05, 0.1) is 29.2 Å². The van der Waals surface area contributed by atoms with Gasteiger partial charge in [0.25, 0.3) is 5.56 Å². The lowest BCUT2D eigenvalue weighted by Crippen LogP contribution is -2.44. The molecule has 0 aliphatic carbocycles. The molecule has 0 spiro atoms. The van der Waals surface area contributed by atoms with E-state index < -0.39 is 0 Å². The Hall–Kier alpha value is -3.06. The van der Waals surface area contributed by atoms with Crippen LogP contribution in [0.15, 0.2) is 53.6 Å². The third-order valence-corrected chi connectivity index (χ3v) is 6.38. The first-order valence-corrected chi connectivity index (χ1v) is 10.7. The third kappa shape index (κ3) is 3.74. The van der Waals surface area contributed by atoms with Crippen LogP contribution in [-0.2, 0) is 4.74 Å². The van der Waals surface area contributed by atoms with Crippen molar-refractivity contribution >= 4 is 28.6 Å². The molecule has 8 heteroatoms. The molecule has 0 saturated carbocycles. The summed E-state index contributed by atoms with van der Waals surface area (Å²) in [7, 11) is 0. The first-order chi connectivity index (χ1) is 15.0. The van der Waals surface area contributed by atoms with Crippen LogP contribution in [0.3, 0.4) is 0 Å². The van der Waals surface area contributed by atoms with Gasteiger partial charge in [-0.3, -0.25) is 9.78 Å². The Morgan fingerprint density at radius 3 is 2.84 bits per heavy atom. The second kappa shape index (κ2) is 7.89. The molecule has 160 valence electrons. The zero-order valence-electron chi connectivity index (χ0n) is 17.0. The number of hydrogen-bond donors (Lipinski definition) is 0. The van der Waals surface area contributed by atoms with Crippen molar-refractivity contribution in [2.45, 2.75) is 38.0 Å². The van der Waals surface area contributed by atoms with E-state index in [1.807, 2.05) is 37.3 Å². The van der Waals surface area contributed by atoms with E-state index in [2.05, 4.69) is 4.98 Å². The molecule has 2 aliphatic rings. The van der Waals surface area contributed by atoms with Crippen molar-refractivity contribution < 1.29 is 14.3 Å². The van der Waals surface area contributed by atoms with Gasteiger partial charge in [-0.2, -0.15) is 0 Å². The number of ether oxygens (including phenoxy) is 2. The summed E-state index contributed by atoms with van der Waals surface area (Å²) in [5, 5.41) is 1.17. The number of benzene rings is 1. The van der Waals surface area contributed by atoms with Gasteiger partial charge in [0.1, 0.15) is 18.5 Å². The minimum Gasteiger partial charge on any atom is -0.489 e. The molecular weight excluding hydrogens is 418 g/mol. The van der Waals surface area contributed by atoms with Crippen LogP contribution >= 0.6 is 11.6 Å². The Morgan fingerprint density at radius 1 is 1.23 bits per heavy atom. The van der Waals surface area contributed by atoms with Crippen molar-refractivity contribution in [1.82, 2.24) is 14.5 Å². The summed E-state index contributed by atoms with van der Waals surface area (Å²) in [5.41, 5.74) is 1.50. The number of fused-ring (bicyclic) bond motifs is 2. The smallest absolute Gasteiger partial charge is 0.410 e. The number of hydrogen-bond acceptors (Lipinski definition) is 5. The SMILES string of the molecule is CC(c1ccc(Cl)cc1)n1ccc2ncc(O[C@H]3CCN4C(=O)OC[C@@H]4C3)cc2c1=O. The highest BCUT2D eigenvalue weighted by Gasteiger charge is 2.38. The highest BCUT2D eigenvalue weighted by Crippen LogP contribution is 2.28. The van der Waals surface area contributed by atoms with Crippen molar-refractivity contribution in [1.29, 1.82) is 0 Å². The van der Waals surface area contributed by atoms with Crippen molar-refractivity contribution in [3.8, 4) is 5.75 Å². The molecule has 3 aromatic rings. The minimum absolute atomic E-state index is 0.0473. The first kappa shape index (κ1) is 19.9. The predicted octanol–water partition coefficient (Wildman–Crippen LogP) is 4.02. The number of piperidine rings is 1. The average Bonchev–Trinajstić information content (AvgIpc) is 3.14. The lowest BCUT2D eigenvalue weighted by molar-refractivity contribution is 0.0934. The third-order valence-electron chi connectivity index (χ3n) is 6.13. The van der Waals surface area contributed by atoms with Crippen LogP contribution in [0.2, 0.25) is 5.02 Å². The molecule has 2 aliphatic heterocycles. The van der Waals surface area contributed by atoms with Crippen LogP contribution in [-0.4, -0.2) is 45.8 Å². The zero-order valence-corrected chi connectivity index (χ0v) is 17.8. The topological polar surface area (TPSA) is 73.7 Å². The summed E-state index contributed by atoms with van der Waals surface area (Å²) in [6.07, 6.45) is 4.55. The van der Waals surface area contributed by atoms with Crippen molar-refractivity contribution in [2.24, 2.45) is 0 Å². The lowest BCUT2D eigenvalue weighted by atomic mass is 10.0. The van der Waals surface area contributed by atoms with Gasteiger partial charge in [-0.05, 0) is 36.8 Å². The number of halogens is 1. The van der Waals surface area contributed by atoms with Crippen molar-refractivity contribution in [3.05, 3.63) is 69.7 Å². The van der Waals surface area contributed by atoms with Crippen LogP contribution in [0.4, 0.5) is 4.79 Å². The van der Waals surface area contributed by atoms with Crippen LogP contribution in [0.5, 0.6) is 5.75 Å².